The number of fused-ring (bicyclic) bond motifs is 1. The summed E-state index contributed by atoms with van der Waals surface area (Å²) >= 11 is 0. The number of nitrogens with one attached hydrogen (secondary N) is 2. The molecule has 0 spiro atoms. The van der Waals surface area contributed by atoms with Crippen molar-refractivity contribution in [3.63, 3.8) is 0 Å². The molecule has 2 aromatic carbocycles. The minimum absolute atomic E-state index is 0.0220. The second-order valence-electron chi connectivity index (χ2n) is 5.80. The van der Waals surface area contributed by atoms with E-state index in [9.17, 15) is 18.0 Å². The topological polar surface area (TPSA) is 118 Å². The number of primary sulfonamides is 1. The molecule has 0 fully saturated rings. The Morgan fingerprint density at radius 3 is 2.48 bits per heavy atom. The number of benzene rings is 2. The molecular weight excluding hydrogens is 342 g/mol. The summed E-state index contributed by atoms with van der Waals surface area (Å²) in [6.07, 6.45) is 1.92. The number of amides is 2. The Hall–Kier alpha value is -2.71. The van der Waals surface area contributed by atoms with Crippen molar-refractivity contribution in [3.05, 3.63) is 53.6 Å². The summed E-state index contributed by atoms with van der Waals surface area (Å²) in [5.74, 6) is -0.340. The van der Waals surface area contributed by atoms with Crippen LogP contribution in [0.25, 0.3) is 0 Å². The third kappa shape index (κ3) is 4.04. The highest BCUT2D eigenvalue weighted by atomic mass is 32.2. The maximum absolute atomic E-state index is 12.4. The summed E-state index contributed by atoms with van der Waals surface area (Å²) in [5.41, 5.74) is 2.57. The smallest absolute Gasteiger partial charge is 0.255 e. The lowest BCUT2D eigenvalue weighted by Crippen LogP contribution is -2.14. The van der Waals surface area contributed by atoms with Crippen molar-refractivity contribution in [3.8, 4) is 0 Å². The molecule has 0 saturated carbocycles. The van der Waals surface area contributed by atoms with Crippen LogP contribution in [0.15, 0.2) is 47.4 Å². The lowest BCUT2D eigenvalue weighted by atomic mass is 10.0. The van der Waals surface area contributed by atoms with Gasteiger partial charge in [0.15, 0.2) is 0 Å². The van der Waals surface area contributed by atoms with Crippen LogP contribution >= 0.6 is 0 Å². The molecule has 0 aliphatic carbocycles. The van der Waals surface area contributed by atoms with Crippen LogP contribution in [0.5, 0.6) is 0 Å². The number of nitrogens with two attached hydrogens (primary N) is 1. The number of hydrogen-bond donors (Lipinski definition) is 3. The van der Waals surface area contributed by atoms with Crippen molar-refractivity contribution < 1.29 is 18.0 Å². The molecule has 3 rings (SSSR count). The van der Waals surface area contributed by atoms with Gasteiger partial charge >= 0.3 is 0 Å². The van der Waals surface area contributed by atoms with Crippen LogP contribution < -0.4 is 15.8 Å². The Balaban J connectivity index is 1.77. The Bertz CT molecular complexity index is 937. The molecule has 2 aromatic rings. The van der Waals surface area contributed by atoms with E-state index in [1.54, 1.807) is 18.2 Å². The largest absolute Gasteiger partial charge is 0.326 e. The first kappa shape index (κ1) is 17.1. The van der Waals surface area contributed by atoms with Gasteiger partial charge in [-0.3, -0.25) is 9.59 Å². The van der Waals surface area contributed by atoms with E-state index in [1.807, 2.05) is 0 Å². The molecule has 0 unspecified atom stereocenters. The molecular formula is C17H17N3O4S. The van der Waals surface area contributed by atoms with Crippen LogP contribution in [0, 0.1) is 0 Å². The van der Waals surface area contributed by atoms with Gasteiger partial charge in [0.05, 0.1) is 4.90 Å². The van der Waals surface area contributed by atoms with Crippen LogP contribution in [0.1, 0.15) is 28.8 Å². The number of anilines is 2. The monoisotopic (exact) mass is 359 g/mol. The fraction of sp³-hybridized carbons (Fsp3) is 0.176. The second-order valence-corrected chi connectivity index (χ2v) is 7.36. The number of carbonyl (C=O) groups excluding carboxylic acids is 2. The molecule has 2 amide bonds. The van der Waals surface area contributed by atoms with E-state index >= 15 is 0 Å². The van der Waals surface area contributed by atoms with Crippen LogP contribution in [0.3, 0.4) is 0 Å². The lowest BCUT2D eigenvalue weighted by Gasteiger charge is -2.10. The maximum atomic E-state index is 12.4. The first-order chi connectivity index (χ1) is 11.8. The van der Waals surface area contributed by atoms with E-state index < -0.39 is 10.0 Å². The van der Waals surface area contributed by atoms with Gasteiger partial charge in [-0.25, -0.2) is 13.6 Å². The Kier molecular flexibility index (Phi) is 4.56. The van der Waals surface area contributed by atoms with Crippen molar-refractivity contribution in [2.24, 2.45) is 5.14 Å². The van der Waals surface area contributed by atoms with E-state index in [0.29, 0.717) is 17.7 Å². The molecule has 1 aliphatic rings. The number of aryl methyl sites for hydroxylation is 1. The molecule has 0 bridgehead atoms. The molecule has 0 radical (unpaired) electrons. The van der Waals surface area contributed by atoms with Crippen molar-refractivity contribution in [2.75, 3.05) is 10.6 Å². The number of rotatable bonds is 3. The summed E-state index contributed by atoms with van der Waals surface area (Å²) in [6.45, 7) is 0. The molecule has 0 aromatic heterocycles. The number of sulfonamides is 1. The zero-order valence-corrected chi connectivity index (χ0v) is 14.1. The lowest BCUT2D eigenvalue weighted by molar-refractivity contribution is -0.116. The zero-order chi connectivity index (χ0) is 18.0. The highest BCUT2D eigenvalue weighted by molar-refractivity contribution is 7.89. The summed E-state index contributed by atoms with van der Waals surface area (Å²) in [7, 11) is -3.77. The second kappa shape index (κ2) is 6.66. The molecule has 0 saturated heterocycles. The number of carbonyl (C=O) groups is 2. The molecule has 1 heterocycles. The summed E-state index contributed by atoms with van der Waals surface area (Å²) < 4.78 is 22.5. The van der Waals surface area contributed by atoms with Gasteiger partial charge in [-0.2, -0.15) is 0 Å². The third-order valence-corrected chi connectivity index (χ3v) is 4.86. The van der Waals surface area contributed by atoms with Crippen LogP contribution in [-0.2, 0) is 21.2 Å². The van der Waals surface area contributed by atoms with Crippen LogP contribution in [0.2, 0.25) is 0 Å². The highest BCUT2D eigenvalue weighted by Crippen LogP contribution is 2.24. The van der Waals surface area contributed by atoms with E-state index in [4.69, 9.17) is 5.14 Å². The molecule has 25 heavy (non-hydrogen) atoms. The predicted molar refractivity (Wildman–Crippen MR) is 93.8 cm³/mol. The van der Waals surface area contributed by atoms with Gasteiger partial charge < -0.3 is 10.6 Å². The number of hydrogen-bond acceptors (Lipinski definition) is 4. The molecule has 130 valence electrons. The van der Waals surface area contributed by atoms with Crippen molar-refractivity contribution >= 4 is 33.2 Å². The van der Waals surface area contributed by atoms with Gasteiger partial charge in [-0.15, -0.1) is 0 Å². The zero-order valence-electron chi connectivity index (χ0n) is 13.3. The summed E-state index contributed by atoms with van der Waals surface area (Å²) in [5, 5.41) is 10.6. The molecule has 0 atom stereocenters. The Labute approximate surface area is 145 Å². The van der Waals surface area contributed by atoms with Gasteiger partial charge in [-0.05, 0) is 60.9 Å². The van der Waals surface area contributed by atoms with Gasteiger partial charge in [-0.1, -0.05) is 0 Å². The van der Waals surface area contributed by atoms with Gasteiger partial charge in [0.2, 0.25) is 15.9 Å². The summed E-state index contributed by atoms with van der Waals surface area (Å²) in [6, 6.07) is 10.7. The quantitative estimate of drug-likeness (QED) is 0.775. The van der Waals surface area contributed by atoms with Gasteiger partial charge in [0.1, 0.15) is 0 Å². The maximum Gasteiger partial charge on any atom is 0.255 e. The Morgan fingerprint density at radius 1 is 1.08 bits per heavy atom. The standard InChI is InChI=1S/C17H17N3O4S/c18-25(23,24)14-7-5-13(6-8-14)19-17(22)12-4-9-15-11(10-12)2-1-3-16(21)20-15/h4-10H,1-3H2,(H,19,22)(H,20,21)(H2,18,23,24). The first-order valence-electron chi connectivity index (χ1n) is 7.70. The molecule has 1 aliphatic heterocycles. The fourth-order valence-corrected chi connectivity index (χ4v) is 3.16. The van der Waals surface area contributed by atoms with Crippen molar-refractivity contribution in [1.82, 2.24) is 0 Å². The Morgan fingerprint density at radius 2 is 1.80 bits per heavy atom. The predicted octanol–water partition coefficient (Wildman–Crippen LogP) is 1.86. The average molecular weight is 359 g/mol. The van der Waals surface area contributed by atoms with Gasteiger partial charge in [0, 0.05) is 23.4 Å². The fourth-order valence-electron chi connectivity index (χ4n) is 2.65. The highest BCUT2D eigenvalue weighted by Gasteiger charge is 2.15. The molecule has 7 nitrogen and oxygen atoms in total. The minimum atomic E-state index is -3.77. The SMILES string of the molecule is NS(=O)(=O)c1ccc(NC(=O)c2ccc3c(c2)CCCC(=O)N3)cc1. The van der Waals surface area contributed by atoms with E-state index in [-0.39, 0.29) is 16.7 Å². The van der Waals surface area contributed by atoms with Crippen molar-refractivity contribution in [2.45, 2.75) is 24.2 Å². The average Bonchev–Trinajstić information content (AvgIpc) is 2.74. The van der Waals surface area contributed by atoms with Crippen LogP contribution in [0.4, 0.5) is 11.4 Å². The van der Waals surface area contributed by atoms with E-state index in [2.05, 4.69) is 10.6 Å². The van der Waals surface area contributed by atoms with Gasteiger partial charge in [0.25, 0.3) is 5.91 Å². The molecule has 8 heteroatoms. The molecule has 4 N–H and O–H groups in total. The first-order valence-corrected chi connectivity index (χ1v) is 9.24. The third-order valence-electron chi connectivity index (χ3n) is 3.93. The van der Waals surface area contributed by atoms with E-state index in [0.717, 1.165) is 24.1 Å². The summed E-state index contributed by atoms with van der Waals surface area (Å²) in [4.78, 5) is 23.9. The minimum Gasteiger partial charge on any atom is -0.326 e. The van der Waals surface area contributed by atoms with Crippen LogP contribution in [-0.4, -0.2) is 20.2 Å². The van der Waals surface area contributed by atoms with E-state index in [1.165, 1.54) is 24.3 Å². The normalized spacial score (nSPS) is 14.2. The van der Waals surface area contributed by atoms with Crippen molar-refractivity contribution in [1.29, 1.82) is 0 Å².